The van der Waals surface area contributed by atoms with Crippen LogP contribution in [0.1, 0.15) is 23.1 Å². The number of carbonyl (C=O) groups is 2. The average molecular weight is 236 g/mol. The summed E-state index contributed by atoms with van der Waals surface area (Å²) < 4.78 is 0. The van der Waals surface area contributed by atoms with Gasteiger partial charge in [-0.2, -0.15) is 0 Å². The van der Waals surface area contributed by atoms with E-state index in [4.69, 9.17) is 0 Å². The molecule has 0 bridgehead atoms. The van der Waals surface area contributed by atoms with Gasteiger partial charge in [0.05, 0.1) is 11.9 Å². The molecule has 0 fully saturated rings. The Kier molecular flexibility index (Phi) is 4.14. The summed E-state index contributed by atoms with van der Waals surface area (Å²) >= 11 is 0. The largest absolute Gasteiger partial charge is 0.347 e. The molecule has 0 saturated heterocycles. The molecule has 0 aliphatic carbocycles. The molecule has 1 N–H and O–H groups in total. The van der Waals surface area contributed by atoms with Crippen molar-refractivity contribution in [3.63, 3.8) is 0 Å². The highest BCUT2D eigenvalue weighted by molar-refractivity contribution is 5.95. The van der Waals surface area contributed by atoms with Crippen LogP contribution in [0.3, 0.4) is 0 Å². The van der Waals surface area contributed by atoms with Crippen LogP contribution in [0.15, 0.2) is 12.4 Å². The van der Waals surface area contributed by atoms with Crippen molar-refractivity contribution in [1.29, 1.82) is 0 Å². The quantitative estimate of drug-likeness (QED) is 0.801. The normalized spacial score (nSPS) is 11.8. The zero-order valence-electron chi connectivity index (χ0n) is 10.4. The highest BCUT2D eigenvalue weighted by Crippen LogP contribution is 1.96. The maximum atomic E-state index is 11.7. The molecule has 92 valence electrons. The Labute approximate surface area is 100 Å². The van der Waals surface area contributed by atoms with Crippen molar-refractivity contribution in [2.75, 3.05) is 14.1 Å². The molecule has 0 unspecified atom stereocenters. The van der Waals surface area contributed by atoms with Crippen molar-refractivity contribution in [2.45, 2.75) is 19.9 Å². The van der Waals surface area contributed by atoms with E-state index in [1.165, 1.54) is 17.3 Å². The number of amides is 2. The van der Waals surface area contributed by atoms with Gasteiger partial charge >= 0.3 is 0 Å². The van der Waals surface area contributed by atoms with Crippen LogP contribution in [0.4, 0.5) is 0 Å². The summed E-state index contributed by atoms with van der Waals surface area (Å²) in [4.78, 5) is 32.6. The Morgan fingerprint density at radius 1 is 1.29 bits per heavy atom. The minimum absolute atomic E-state index is 0.168. The van der Waals surface area contributed by atoms with E-state index < -0.39 is 11.9 Å². The first-order valence-electron chi connectivity index (χ1n) is 5.22. The van der Waals surface area contributed by atoms with Crippen LogP contribution in [0.25, 0.3) is 0 Å². The molecule has 1 heterocycles. The van der Waals surface area contributed by atoms with Crippen molar-refractivity contribution in [3.8, 4) is 0 Å². The Hall–Kier alpha value is -1.98. The lowest BCUT2D eigenvalue weighted by Gasteiger charge is -2.17. The lowest BCUT2D eigenvalue weighted by atomic mass is 10.3. The Morgan fingerprint density at radius 2 is 1.94 bits per heavy atom. The second-order valence-electron chi connectivity index (χ2n) is 3.97. The lowest BCUT2D eigenvalue weighted by Crippen LogP contribution is -2.44. The van der Waals surface area contributed by atoms with E-state index in [1.54, 1.807) is 27.9 Å². The summed E-state index contributed by atoms with van der Waals surface area (Å²) in [6, 6.07) is -0.583. The molecule has 6 nitrogen and oxygen atoms in total. The van der Waals surface area contributed by atoms with Gasteiger partial charge in [-0.3, -0.25) is 14.6 Å². The number of hydrogen-bond acceptors (Lipinski definition) is 4. The fraction of sp³-hybridized carbons (Fsp3) is 0.455. The highest BCUT2D eigenvalue weighted by Gasteiger charge is 2.18. The third-order valence-electron chi connectivity index (χ3n) is 2.17. The number of carbonyl (C=O) groups excluding carboxylic acids is 2. The number of likely N-dealkylation sites (N-methyl/N-ethyl adjacent to an activating group) is 1. The second kappa shape index (κ2) is 5.38. The van der Waals surface area contributed by atoms with Crippen molar-refractivity contribution >= 4 is 11.8 Å². The molecule has 1 aromatic heterocycles. The molecule has 6 heteroatoms. The number of nitrogens with zero attached hydrogens (tertiary/aromatic N) is 3. The van der Waals surface area contributed by atoms with E-state index in [0.29, 0.717) is 0 Å². The van der Waals surface area contributed by atoms with Gasteiger partial charge in [0, 0.05) is 20.3 Å². The van der Waals surface area contributed by atoms with Crippen molar-refractivity contribution < 1.29 is 9.59 Å². The Balaban J connectivity index is 2.66. The lowest BCUT2D eigenvalue weighted by molar-refractivity contribution is -0.130. The van der Waals surface area contributed by atoms with Gasteiger partial charge in [-0.1, -0.05) is 0 Å². The molecule has 0 aliphatic heterocycles. The molecule has 1 atom stereocenters. The topological polar surface area (TPSA) is 75.2 Å². The average Bonchev–Trinajstić information content (AvgIpc) is 2.28. The molecule has 0 radical (unpaired) electrons. The summed E-state index contributed by atoms with van der Waals surface area (Å²) in [6.45, 7) is 3.41. The van der Waals surface area contributed by atoms with Gasteiger partial charge in [0.25, 0.3) is 5.91 Å². The smallest absolute Gasteiger partial charge is 0.272 e. The summed E-state index contributed by atoms with van der Waals surface area (Å²) in [6.07, 6.45) is 2.89. The van der Waals surface area contributed by atoms with Gasteiger partial charge in [0.15, 0.2) is 0 Å². The number of aromatic nitrogens is 2. The van der Waals surface area contributed by atoms with Gasteiger partial charge in [-0.25, -0.2) is 4.98 Å². The SMILES string of the molecule is Cc1cnc(C(=O)N[C@@H](C)C(=O)N(C)C)cn1. The number of hydrogen-bond donors (Lipinski definition) is 1. The molecule has 0 saturated carbocycles. The van der Waals surface area contributed by atoms with Gasteiger partial charge < -0.3 is 10.2 Å². The fourth-order valence-corrected chi connectivity index (χ4v) is 1.23. The molecule has 0 aliphatic rings. The third kappa shape index (κ3) is 3.51. The first-order valence-corrected chi connectivity index (χ1v) is 5.22. The second-order valence-corrected chi connectivity index (χ2v) is 3.97. The van der Waals surface area contributed by atoms with Gasteiger partial charge in [-0.05, 0) is 13.8 Å². The number of aryl methyl sites for hydroxylation is 1. The maximum absolute atomic E-state index is 11.7. The van der Waals surface area contributed by atoms with Crippen LogP contribution >= 0.6 is 0 Å². The molecule has 1 aromatic rings. The van der Waals surface area contributed by atoms with Crippen molar-refractivity contribution in [2.24, 2.45) is 0 Å². The van der Waals surface area contributed by atoms with Gasteiger partial charge in [0.2, 0.25) is 5.91 Å². The van der Waals surface area contributed by atoms with Gasteiger partial charge in [0.1, 0.15) is 11.7 Å². The zero-order valence-corrected chi connectivity index (χ0v) is 10.4. The zero-order chi connectivity index (χ0) is 13.0. The summed E-state index contributed by atoms with van der Waals surface area (Å²) in [7, 11) is 3.27. The van der Waals surface area contributed by atoms with Crippen molar-refractivity contribution in [1.82, 2.24) is 20.2 Å². The van der Waals surface area contributed by atoms with Crippen LogP contribution in [0.2, 0.25) is 0 Å². The molecular weight excluding hydrogens is 220 g/mol. The monoisotopic (exact) mass is 236 g/mol. The minimum Gasteiger partial charge on any atom is -0.347 e. The number of nitrogens with one attached hydrogen (secondary N) is 1. The van der Waals surface area contributed by atoms with E-state index in [2.05, 4.69) is 15.3 Å². The van der Waals surface area contributed by atoms with Crippen LogP contribution in [-0.2, 0) is 4.79 Å². The summed E-state index contributed by atoms with van der Waals surface area (Å²) in [5.41, 5.74) is 0.938. The van der Waals surface area contributed by atoms with Crippen LogP contribution in [0, 0.1) is 6.92 Å². The van der Waals surface area contributed by atoms with Gasteiger partial charge in [-0.15, -0.1) is 0 Å². The van der Waals surface area contributed by atoms with Crippen molar-refractivity contribution in [3.05, 3.63) is 23.8 Å². The van der Waals surface area contributed by atoms with E-state index in [-0.39, 0.29) is 11.6 Å². The third-order valence-corrected chi connectivity index (χ3v) is 2.17. The molecule has 2 amide bonds. The Bertz CT molecular complexity index is 414. The van der Waals surface area contributed by atoms with E-state index in [9.17, 15) is 9.59 Å². The molecule has 0 aromatic carbocycles. The molecule has 0 spiro atoms. The van der Waals surface area contributed by atoms with E-state index in [0.717, 1.165) is 5.69 Å². The predicted molar refractivity (Wildman–Crippen MR) is 62.4 cm³/mol. The minimum atomic E-state index is -0.583. The molecular formula is C11H16N4O2. The van der Waals surface area contributed by atoms with E-state index in [1.807, 2.05) is 0 Å². The first-order chi connectivity index (χ1) is 7.91. The highest BCUT2D eigenvalue weighted by atomic mass is 16.2. The van der Waals surface area contributed by atoms with E-state index >= 15 is 0 Å². The molecule has 1 rings (SSSR count). The Morgan fingerprint density at radius 3 is 2.41 bits per heavy atom. The predicted octanol–water partition coefficient (Wildman–Crippen LogP) is -0.00848. The summed E-state index contributed by atoms with van der Waals surface area (Å²) in [5.74, 6) is -0.571. The van der Waals surface area contributed by atoms with Crippen LogP contribution in [0.5, 0.6) is 0 Å². The maximum Gasteiger partial charge on any atom is 0.272 e. The molecule has 17 heavy (non-hydrogen) atoms. The fourth-order valence-electron chi connectivity index (χ4n) is 1.23. The van der Waals surface area contributed by atoms with Crippen LogP contribution < -0.4 is 5.32 Å². The van der Waals surface area contributed by atoms with Crippen LogP contribution in [-0.4, -0.2) is 46.8 Å². The standard InChI is InChI=1S/C11H16N4O2/c1-7-5-13-9(6-12-7)10(16)14-8(2)11(17)15(3)4/h5-6,8H,1-4H3,(H,14,16)/t8-/m0/s1. The summed E-state index contributed by atoms with van der Waals surface area (Å²) in [5, 5.41) is 2.56. The number of rotatable bonds is 3. The first kappa shape index (κ1) is 13.1.